The van der Waals surface area contributed by atoms with Gasteiger partial charge in [0.2, 0.25) is 0 Å². The van der Waals surface area contributed by atoms with Gasteiger partial charge in [-0.2, -0.15) is 0 Å². The minimum Gasteiger partial charge on any atom is -0.390 e. The maximum atomic E-state index is 9.18. The molecule has 1 aliphatic carbocycles. The van der Waals surface area contributed by atoms with Gasteiger partial charge >= 0.3 is 0 Å². The first kappa shape index (κ1) is 7.64. The molecule has 0 radical (unpaired) electrons. The van der Waals surface area contributed by atoms with Crippen LogP contribution in [0, 0.1) is 0 Å². The average molecular weight is 169 g/mol. The van der Waals surface area contributed by atoms with Gasteiger partial charge in [0, 0.05) is 0 Å². The molecule has 1 N–H and O–H groups in total. The zero-order valence-electron chi connectivity index (χ0n) is 5.06. The average Bonchev–Trinajstić information content (AvgIpc) is 1.83. The molecule has 2 unspecified atom stereocenters. The van der Waals surface area contributed by atoms with Gasteiger partial charge in [-0.25, -0.2) is 0 Å². The highest BCUT2D eigenvalue weighted by Crippen LogP contribution is 2.26. The summed E-state index contributed by atoms with van der Waals surface area (Å²) < 4.78 is 0. The Morgan fingerprint density at radius 3 is 1.89 bits per heavy atom. The topological polar surface area (TPSA) is 20.2 Å². The molecular weight excluding hydrogens is 159 g/mol. The van der Waals surface area contributed by atoms with Gasteiger partial charge in [0.1, 0.15) is 0 Å². The Hall–Kier alpha value is 0.540. The second kappa shape index (κ2) is 3.09. The lowest BCUT2D eigenvalue weighted by Gasteiger charge is -2.26. The Bertz CT molecular complexity index is 87.1. The Kier molecular flexibility index (Phi) is 2.62. The highest BCUT2D eigenvalue weighted by Gasteiger charge is 2.28. The Morgan fingerprint density at radius 1 is 1.11 bits per heavy atom. The number of hydrogen-bond donors (Lipinski definition) is 1. The fourth-order valence-corrected chi connectivity index (χ4v) is 1.81. The molecule has 0 aliphatic heterocycles. The molecule has 1 fully saturated rings. The molecule has 0 saturated heterocycles. The first-order valence-electron chi connectivity index (χ1n) is 3.18. The minimum absolute atomic E-state index is 0.124. The maximum absolute atomic E-state index is 9.18. The molecule has 0 amide bonds. The van der Waals surface area contributed by atoms with Crippen LogP contribution in [0.1, 0.15) is 19.3 Å². The summed E-state index contributed by atoms with van der Waals surface area (Å²) in [5, 5.41) is 8.93. The molecule has 0 aromatic heterocycles. The summed E-state index contributed by atoms with van der Waals surface area (Å²) in [6.07, 6.45) is 2.33. The highest BCUT2D eigenvalue weighted by atomic mass is 35.5. The van der Waals surface area contributed by atoms with E-state index in [4.69, 9.17) is 23.2 Å². The van der Waals surface area contributed by atoms with Gasteiger partial charge < -0.3 is 5.11 Å². The smallest absolute Gasteiger partial charge is 0.0866 e. The lowest BCUT2D eigenvalue weighted by atomic mass is 9.97. The SMILES string of the molecule is OC1C(Cl)CCCC1Cl. The van der Waals surface area contributed by atoms with E-state index in [1.54, 1.807) is 0 Å². The van der Waals surface area contributed by atoms with Crippen LogP contribution >= 0.6 is 23.2 Å². The molecule has 0 bridgehead atoms. The van der Waals surface area contributed by atoms with E-state index in [-0.39, 0.29) is 10.8 Å². The summed E-state index contributed by atoms with van der Waals surface area (Å²) in [6.45, 7) is 0. The van der Waals surface area contributed by atoms with Gasteiger partial charge in [-0.15, -0.1) is 23.2 Å². The van der Waals surface area contributed by atoms with Crippen molar-refractivity contribution in [2.75, 3.05) is 0 Å². The van der Waals surface area contributed by atoms with Crippen molar-refractivity contribution >= 4 is 23.2 Å². The Morgan fingerprint density at radius 2 is 1.56 bits per heavy atom. The van der Waals surface area contributed by atoms with E-state index in [9.17, 15) is 5.11 Å². The van der Waals surface area contributed by atoms with E-state index in [1.807, 2.05) is 0 Å². The van der Waals surface area contributed by atoms with Crippen molar-refractivity contribution < 1.29 is 5.11 Å². The third-order valence-corrected chi connectivity index (χ3v) is 2.65. The standard InChI is InChI=1S/C6H10Cl2O/c7-4-2-1-3-5(8)6(4)9/h4-6,9H,1-3H2. The van der Waals surface area contributed by atoms with Gasteiger partial charge in [0.15, 0.2) is 0 Å². The van der Waals surface area contributed by atoms with Crippen molar-refractivity contribution in [2.45, 2.75) is 36.1 Å². The first-order valence-corrected chi connectivity index (χ1v) is 4.05. The van der Waals surface area contributed by atoms with Crippen LogP contribution in [0.5, 0.6) is 0 Å². The van der Waals surface area contributed by atoms with Crippen LogP contribution in [0.3, 0.4) is 0 Å². The van der Waals surface area contributed by atoms with Crippen molar-refractivity contribution in [1.29, 1.82) is 0 Å². The largest absolute Gasteiger partial charge is 0.390 e. The van der Waals surface area contributed by atoms with Crippen LogP contribution in [0.2, 0.25) is 0 Å². The van der Waals surface area contributed by atoms with E-state index >= 15 is 0 Å². The lowest BCUT2D eigenvalue weighted by molar-refractivity contribution is 0.138. The summed E-state index contributed by atoms with van der Waals surface area (Å²) in [7, 11) is 0. The normalized spacial score (nSPS) is 45.0. The van der Waals surface area contributed by atoms with Crippen LogP contribution in [0.15, 0.2) is 0 Å². The summed E-state index contributed by atoms with van der Waals surface area (Å²) >= 11 is 11.5. The quantitative estimate of drug-likeness (QED) is 0.547. The predicted molar refractivity (Wildman–Crippen MR) is 39.1 cm³/mol. The highest BCUT2D eigenvalue weighted by molar-refractivity contribution is 6.24. The Balaban J connectivity index is 2.41. The van der Waals surface area contributed by atoms with E-state index < -0.39 is 6.10 Å². The van der Waals surface area contributed by atoms with Crippen molar-refractivity contribution in [1.82, 2.24) is 0 Å². The van der Waals surface area contributed by atoms with Crippen molar-refractivity contribution in [3.63, 3.8) is 0 Å². The molecular formula is C6H10Cl2O. The molecule has 1 nitrogen and oxygen atoms in total. The summed E-state index contributed by atoms with van der Waals surface area (Å²) in [5.74, 6) is 0. The first-order chi connectivity index (χ1) is 4.22. The van der Waals surface area contributed by atoms with Gasteiger partial charge in [0.25, 0.3) is 0 Å². The molecule has 54 valence electrons. The van der Waals surface area contributed by atoms with Crippen LogP contribution < -0.4 is 0 Å². The van der Waals surface area contributed by atoms with Crippen LogP contribution in [0.25, 0.3) is 0 Å². The molecule has 2 atom stereocenters. The fraction of sp³-hybridized carbons (Fsp3) is 1.00. The van der Waals surface area contributed by atoms with Gasteiger partial charge in [-0.1, -0.05) is 6.42 Å². The lowest BCUT2D eigenvalue weighted by Crippen LogP contribution is -2.34. The molecule has 1 saturated carbocycles. The Labute approximate surface area is 65.0 Å². The van der Waals surface area contributed by atoms with Crippen molar-refractivity contribution in [3.05, 3.63) is 0 Å². The zero-order valence-corrected chi connectivity index (χ0v) is 6.57. The second-order valence-corrected chi connectivity index (χ2v) is 3.57. The second-order valence-electron chi connectivity index (χ2n) is 2.45. The van der Waals surface area contributed by atoms with Crippen molar-refractivity contribution in [2.24, 2.45) is 0 Å². The molecule has 1 aliphatic rings. The molecule has 9 heavy (non-hydrogen) atoms. The molecule has 3 heteroatoms. The summed E-state index contributed by atoms with van der Waals surface area (Å²) in [6, 6.07) is 0. The third kappa shape index (κ3) is 1.73. The summed E-state index contributed by atoms with van der Waals surface area (Å²) in [4.78, 5) is 0. The maximum Gasteiger partial charge on any atom is 0.0866 e. The van der Waals surface area contributed by atoms with E-state index in [2.05, 4.69) is 0 Å². The molecule has 0 spiro atoms. The third-order valence-electron chi connectivity index (χ3n) is 1.70. The van der Waals surface area contributed by atoms with Gasteiger partial charge in [0.05, 0.1) is 16.9 Å². The zero-order chi connectivity index (χ0) is 6.85. The number of rotatable bonds is 0. The van der Waals surface area contributed by atoms with Crippen LogP contribution in [0.4, 0.5) is 0 Å². The number of aliphatic hydroxyl groups is 1. The van der Waals surface area contributed by atoms with E-state index in [0.29, 0.717) is 0 Å². The number of hydrogen-bond acceptors (Lipinski definition) is 1. The molecule has 1 rings (SSSR count). The molecule has 0 heterocycles. The summed E-state index contributed by atoms with van der Waals surface area (Å²) in [5.41, 5.74) is 0. The number of alkyl halides is 2. The molecule has 0 aromatic rings. The number of aliphatic hydroxyl groups excluding tert-OH is 1. The van der Waals surface area contributed by atoms with Crippen molar-refractivity contribution in [3.8, 4) is 0 Å². The predicted octanol–water partition coefficient (Wildman–Crippen LogP) is 1.75. The number of halogens is 2. The monoisotopic (exact) mass is 168 g/mol. The van der Waals surface area contributed by atoms with Gasteiger partial charge in [-0.3, -0.25) is 0 Å². The van der Waals surface area contributed by atoms with Crippen LogP contribution in [-0.2, 0) is 0 Å². The fourth-order valence-electron chi connectivity index (χ4n) is 1.08. The van der Waals surface area contributed by atoms with E-state index in [1.165, 1.54) is 0 Å². The minimum atomic E-state index is -0.498. The van der Waals surface area contributed by atoms with Gasteiger partial charge in [-0.05, 0) is 12.8 Å². The van der Waals surface area contributed by atoms with Crippen LogP contribution in [-0.4, -0.2) is 22.0 Å². The van der Waals surface area contributed by atoms with E-state index in [0.717, 1.165) is 19.3 Å². The molecule has 0 aromatic carbocycles.